The number of hydrogen-bond donors (Lipinski definition) is 2. The van der Waals surface area contributed by atoms with E-state index in [9.17, 15) is 24.6 Å². The van der Waals surface area contributed by atoms with E-state index in [1.54, 1.807) is 52.0 Å². The topological polar surface area (TPSA) is 135 Å². The third kappa shape index (κ3) is 5.66. The third-order valence-corrected chi connectivity index (χ3v) is 7.44. The Bertz CT molecular complexity index is 1560. The number of phenols is 1. The van der Waals surface area contributed by atoms with Gasteiger partial charge < -0.3 is 24.4 Å². The summed E-state index contributed by atoms with van der Waals surface area (Å²) in [5.41, 5.74) is 1.51. The lowest BCUT2D eigenvalue weighted by atomic mass is 9.94. The number of amides is 1. The molecule has 10 nitrogen and oxygen atoms in total. The Morgan fingerprint density at radius 1 is 1.10 bits per heavy atom. The highest BCUT2D eigenvalue weighted by Gasteiger charge is 2.48. The number of Topliss-reactive ketones (excluding diaryl/α,β-unsaturated/α-hetero) is 1. The standard InChI is InChI=1S/C30H30N2O8S/c1-6-13-40-21-12-10-19(14-16(21)4)25(34)23-24(18-9-11-20(33)22(15-18)38-7-2)32(28(36)26(23)35)30-31-17(5)27(41-30)29(37)39-8-3/h6,9-12,14-15,24,33-34H,1,7-8,13H2,2-5H3/b25-23+. The van der Waals surface area contributed by atoms with Crippen LogP contribution < -0.4 is 14.4 Å². The predicted octanol–water partition coefficient (Wildman–Crippen LogP) is 5.23. The van der Waals surface area contributed by atoms with Crippen molar-refractivity contribution in [3.8, 4) is 17.2 Å². The Labute approximate surface area is 241 Å². The number of esters is 1. The van der Waals surface area contributed by atoms with Crippen LogP contribution in [0.25, 0.3) is 5.76 Å². The van der Waals surface area contributed by atoms with Gasteiger partial charge in [-0.25, -0.2) is 9.78 Å². The summed E-state index contributed by atoms with van der Waals surface area (Å²) in [5, 5.41) is 21.9. The van der Waals surface area contributed by atoms with Crippen LogP contribution in [0.4, 0.5) is 5.13 Å². The average molecular weight is 579 g/mol. The number of aliphatic hydroxyl groups is 1. The number of phenolic OH excluding ortho intramolecular Hbond substituents is 1. The molecule has 4 rings (SSSR count). The molecule has 1 aliphatic heterocycles. The first-order valence-corrected chi connectivity index (χ1v) is 13.7. The van der Waals surface area contributed by atoms with Gasteiger partial charge >= 0.3 is 11.9 Å². The van der Waals surface area contributed by atoms with E-state index in [1.165, 1.54) is 18.2 Å². The zero-order valence-corrected chi connectivity index (χ0v) is 23.9. The molecule has 1 amide bonds. The van der Waals surface area contributed by atoms with E-state index in [0.717, 1.165) is 16.2 Å². The molecule has 1 atom stereocenters. The molecule has 2 N–H and O–H groups in total. The van der Waals surface area contributed by atoms with Gasteiger partial charge in [0, 0.05) is 5.56 Å². The molecule has 0 radical (unpaired) electrons. The SMILES string of the molecule is C=CCOc1ccc(/C(O)=C2\C(=O)C(=O)N(c3nc(C)c(C(=O)OCC)s3)C2c2ccc(O)c(OCC)c2)cc1C. The van der Waals surface area contributed by atoms with E-state index in [-0.39, 0.29) is 40.3 Å². The summed E-state index contributed by atoms with van der Waals surface area (Å²) in [6, 6.07) is 8.15. The highest BCUT2D eigenvalue weighted by atomic mass is 32.1. The fraction of sp³-hybridized carbons (Fsp3) is 0.267. The lowest BCUT2D eigenvalue weighted by Crippen LogP contribution is -2.29. The van der Waals surface area contributed by atoms with Crippen molar-refractivity contribution in [3.05, 3.63) is 81.9 Å². The fourth-order valence-electron chi connectivity index (χ4n) is 4.45. The van der Waals surface area contributed by atoms with Gasteiger partial charge in [-0.15, -0.1) is 0 Å². The molecular weight excluding hydrogens is 548 g/mol. The lowest BCUT2D eigenvalue weighted by Gasteiger charge is -2.23. The molecule has 41 heavy (non-hydrogen) atoms. The molecule has 0 spiro atoms. The van der Waals surface area contributed by atoms with E-state index in [0.29, 0.717) is 34.7 Å². The van der Waals surface area contributed by atoms with Gasteiger partial charge in [0.05, 0.1) is 30.5 Å². The van der Waals surface area contributed by atoms with Crippen LogP contribution in [0.5, 0.6) is 17.2 Å². The minimum absolute atomic E-state index is 0.0760. The number of ether oxygens (including phenoxy) is 3. The molecule has 1 aliphatic rings. The number of rotatable bonds is 10. The zero-order valence-electron chi connectivity index (χ0n) is 23.1. The fourth-order valence-corrected chi connectivity index (χ4v) is 5.44. The number of aliphatic hydroxyl groups excluding tert-OH is 1. The van der Waals surface area contributed by atoms with Crippen LogP contribution in [0, 0.1) is 13.8 Å². The van der Waals surface area contributed by atoms with Crippen LogP contribution in [-0.4, -0.2) is 52.7 Å². The van der Waals surface area contributed by atoms with Crippen molar-refractivity contribution >= 4 is 39.9 Å². The van der Waals surface area contributed by atoms with E-state index in [4.69, 9.17) is 14.2 Å². The van der Waals surface area contributed by atoms with Gasteiger partial charge in [-0.2, -0.15) is 0 Å². The molecule has 1 saturated heterocycles. The van der Waals surface area contributed by atoms with E-state index in [2.05, 4.69) is 11.6 Å². The Balaban J connectivity index is 1.91. The van der Waals surface area contributed by atoms with Gasteiger partial charge in [-0.3, -0.25) is 14.5 Å². The Morgan fingerprint density at radius 3 is 2.51 bits per heavy atom. The first-order valence-electron chi connectivity index (χ1n) is 12.9. The summed E-state index contributed by atoms with van der Waals surface area (Å²) in [7, 11) is 0. The molecular formula is C30H30N2O8S. The smallest absolute Gasteiger partial charge is 0.350 e. The van der Waals surface area contributed by atoms with Crippen molar-refractivity contribution in [1.29, 1.82) is 0 Å². The first kappa shape index (κ1) is 29.3. The van der Waals surface area contributed by atoms with Crippen molar-refractivity contribution in [2.45, 2.75) is 33.7 Å². The maximum absolute atomic E-state index is 13.5. The van der Waals surface area contributed by atoms with Gasteiger partial charge in [0.2, 0.25) is 0 Å². The Hall–Kier alpha value is -4.64. The number of aromatic nitrogens is 1. The molecule has 1 fully saturated rings. The first-order chi connectivity index (χ1) is 19.6. The number of benzene rings is 2. The summed E-state index contributed by atoms with van der Waals surface area (Å²) in [5.74, 6) is -2.30. The second-order valence-electron chi connectivity index (χ2n) is 9.04. The maximum atomic E-state index is 13.5. The van der Waals surface area contributed by atoms with Gasteiger partial charge in [0.15, 0.2) is 16.6 Å². The second kappa shape index (κ2) is 12.3. The highest BCUT2D eigenvalue weighted by Crippen LogP contribution is 2.45. The zero-order chi connectivity index (χ0) is 29.8. The summed E-state index contributed by atoms with van der Waals surface area (Å²) in [4.78, 5) is 45.3. The molecule has 2 heterocycles. The molecule has 3 aromatic rings. The van der Waals surface area contributed by atoms with Crippen LogP contribution >= 0.6 is 11.3 Å². The van der Waals surface area contributed by atoms with Crippen molar-refractivity contribution in [3.63, 3.8) is 0 Å². The van der Waals surface area contributed by atoms with Gasteiger partial charge in [0.1, 0.15) is 23.0 Å². The predicted molar refractivity (Wildman–Crippen MR) is 154 cm³/mol. The molecule has 0 aliphatic carbocycles. The van der Waals surface area contributed by atoms with E-state index < -0.39 is 29.5 Å². The van der Waals surface area contributed by atoms with Crippen molar-refractivity contribution < 1.29 is 38.8 Å². The van der Waals surface area contributed by atoms with Crippen molar-refractivity contribution in [1.82, 2.24) is 4.98 Å². The highest BCUT2D eigenvalue weighted by molar-refractivity contribution is 7.17. The number of ketones is 1. The average Bonchev–Trinajstić information content (AvgIpc) is 3.45. The van der Waals surface area contributed by atoms with E-state index >= 15 is 0 Å². The summed E-state index contributed by atoms with van der Waals surface area (Å²) in [6.45, 7) is 11.1. The molecule has 1 aromatic heterocycles. The molecule has 0 bridgehead atoms. The number of hydrogen-bond acceptors (Lipinski definition) is 10. The monoisotopic (exact) mass is 578 g/mol. The number of carbonyl (C=O) groups is 3. The van der Waals surface area contributed by atoms with Crippen LogP contribution in [0.3, 0.4) is 0 Å². The van der Waals surface area contributed by atoms with Crippen LogP contribution in [0.2, 0.25) is 0 Å². The Kier molecular flexibility index (Phi) is 8.77. The third-order valence-electron chi connectivity index (χ3n) is 6.30. The van der Waals surface area contributed by atoms with Gasteiger partial charge in [-0.1, -0.05) is 30.1 Å². The molecule has 214 valence electrons. The number of aryl methyl sites for hydroxylation is 2. The summed E-state index contributed by atoms with van der Waals surface area (Å²) < 4.78 is 16.3. The number of thiazole rings is 1. The van der Waals surface area contributed by atoms with Crippen LogP contribution in [0.1, 0.15) is 51.9 Å². The summed E-state index contributed by atoms with van der Waals surface area (Å²) in [6.07, 6.45) is 1.61. The van der Waals surface area contributed by atoms with Gasteiger partial charge in [-0.05, 0) is 69.2 Å². The molecule has 1 unspecified atom stereocenters. The summed E-state index contributed by atoms with van der Waals surface area (Å²) >= 11 is 0.906. The normalized spacial score (nSPS) is 16.1. The van der Waals surface area contributed by atoms with Crippen LogP contribution in [0.15, 0.2) is 54.6 Å². The number of aromatic hydroxyl groups is 1. The minimum atomic E-state index is -1.15. The Morgan fingerprint density at radius 2 is 1.85 bits per heavy atom. The quantitative estimate of drug-likeness (QED) is 0.109. The van der Waals surface area contributed by atoms with Gasteiger partial charge in [0.25, 0.3) is 5.78 Å². The molecule has 0 saturated carbocycles. The number of nitrogens with zero attached hydrogens (tertiary/aromatic N) is 2. The number of anilines is 1. The van der Waals surface area contributed by atoms with E-state index in [1.807, 2.05) is 0 Å². The minimum Gasteiger partial charge on any atom is -0.507 e. The second-order valence-corrected chi connectivity index (χ2v) is 10.0. The molecule has 11 heteroatoms. The maximum Gasteiger partial charge on any atom is 0.350 e. The van der Waals surface area contributed by atoms with Crippen molar-refractivity contribution in [2.24, 2.45) is 0 Å². The lowest BCUT2D eigenvalue weighted by molar-refractivity contribution is -0.132. The van der Waals surface area contributed by atoms with Crippen LogP contribution in [-0.2, 0) is 14.3 Å². The largest absolute Gasteiger partial charge is 0.507 e. The number of carbonyl (C=O) groups excluding carboxylic acids is 3. The molecule has 2 aromatic carbocycles. The van der Waals surface area contributed by atoms with Crippen molar-refractivity contribution in [2.75, 3.05) is 24.7 Å².